The van der Waals surface area contributed by atoms with Gasteiger partial charge in [0.25, 0.3) is 0 Å². The number of rotatable bonds is 4. The maximum absolute atomic E-state index is 13.5. The number of hydrogen-bond acceptors (Lipinski definition) is 2. The second-order valence-corrected chi connectivity index (χ2v) is 4.25. The molecule has 0 radical (unpaired) electrons. The quantitative estimate of drug-likeness (QED) is 0.854. The molecule has 0 aliphatic heterocycles. The van der Waals surface area contributed by atoms with Crippen molar-refractivity contribution in [1.82, 2.24) is 0 Å². The van der Waals surface area contributed by atoms with Gasteiger partial charge in [-0.1, -0.05) is 13.8 Å². The summed E-state index contributed by atoms with van der Waals surface area (Å²) in [4.78, 5) is 10.5. The van der Waals surface area contributed by atoms with E-state index in [0.717, 1.165) is 6.07 Å². The Hall–Kier alpha value is -1.49. The molecule has 3 N–H and O–H groups in total. The van der Waals surface area contributed by atoms with Gasteiger partial charge in [0.2, 0.25) is 0 Å². The number of halogens is 2. The Morgan fingerprint density at radius 2 is 1.82 bits per heavy atom. The number of nitrogens with two attached hydrogens (primary N) is 1. The van der Waals surface area contributed by atoms with Crippen molar-refractivity contribution in [2.45, 2.75) is 32.2 Å². The molecule has 1 unspecified atom stereocenters. The average molecular weight is 243 g/mol. The van der Waals surface area contributed by atoms with Gasteiger partial charge in [0.1, 0.15) is 11.6 Å². The third-order valence-corrected chi connectivity index (χ3v) is 2.53. The first-order chi connectivity index (χ1) is 7.82. The third kappa shape index (κ3) is 3.23. The first-order valence-electron chi connectivity index (χ1n) is 5.29. The lowest BCUT2D eigenvalue weighted by Crippen LogP contribution is -2.17. The lowest BCUT2D eigenvalue weighted by atomic mass is 9.95. The van der Waals surface area contributed by atoms with Crippen molar-refractivity contribution >= 4 is 5.97 Å². The zero-order valence-electron chi connectivity index (χ0n) is 9.71. The fraction of sp³-hybridized carbons (Fsp3) is 0.417. The van der Waals surface area contributed by atoms with Crippen molar-refractivity contribution in [3.8, 4) is 0 Å². The molecule has 0 aliphatic carbocycles. The number of hydrogen-bond donors (Lipinski definition) is 2. The lowest BCUT2D eigenvalue weighted by molar-refractivity contribution is -0.137. The van der Waals surface area contributed by atoms with Crippen LogP contribution >= 0.6 is 0 Å². The molecule has 1 atom stereocenters. The van der Waals surface area contributed by atoms with Crippen LogP contribution in [0.4, 0.5) is 8.78 Å². The largest absolute Gasteiger partial charge is 0.481 e. The minimum absolute atomic E-state index is 0.0394. The van der Waals surface area contributed by atoms with Crippen LogP contribution in [-0.2, 0) is 4.79 Å². The number of aliphatic carboxylic acids is 1. The molecule has 0 bridgehead atoms. The summed E-state index contributed by atoms with van der Waals surface area (Å²) in [7, 11) is 0. The van der Waals surface area contributed by atoms with Crippen molar-refractivity contribution in [1.29, 1.82) is 0 Å². The smallest absolute Gasteiger partial charge is 0.305 e. The lowest BCUT2D eigenvalue weighted by Gasteiger charge is -2.15. The molecule has 17 heavy (non-hydrogen) atoms. The van der Waals surface area contributed by atoms with E-state index in [-0.39, 0.29) is 17.9 Å². The molecule has 0 aliphatic rings. The Balaban J connectivity index is 3.15. The van der Waals surface area contributed by atoms with Crippen LogP contribution in [0.5, 0.6) is 0 Å². The van der Waals surface area contributed by atoms with E-state index < -0.39 is 23.6 Å². The van der Waals surface area contributed by atoms with E-state index in [4.69, 9.17) is 10.8 Å². The highest BCUT2D eigenvalue weighted by atomic mass is 19.1. The minimum atomic E-state index is -1.12. The van der Waals surface area contributed by atoms with Crippen LogP contribution in [0, 0.1) is 11.6 Å². The van der Waals surface area contributed by atoms with Crippen LogP contribution in [0.2, 0.25) is 0 Å². The van der Waals surface area contributed by atoms with E-state index in [1.165, 1.54) is 6.07 Å². The summed E-state index contributed by atoms with van der Waals surface area (Å²) in [5, 5.41) is 8.59. The van der Waals surface area contributed by atoms with Gasteiger partial charge < -0.3 is 10.8 Å². The summed E-state index contributed by atoms with van der Waals surface area (Å²) in [6.45, 7) is 3.53. The highest BCUT2D eigenvalue weighted by Gasteiger charge is 2.18. The molecular weight excluding hydrogens is 228 g/mol. The fourth-order valence-corrected chi connectivity index (χ4v) is 1.61. The summed E-state index contributed by atoms with van der Waals surface area (Å²) in [6, 6.07) is 1.10. The van der Waals surface area contributed by atoms with Crippen LogP contribution in [0.15, 0.2) is 12.1 Å². The molecule has 1 aromatic rings. The zero-order valence-corrected chi connectivity index (χ0v) is 9.71. The predicted molar refractivity (Wildman–Crippen MR) is 59.6 cm³/mol. The number of benzene rings is 1. The molecule has 1 rings (SSSR count). The molecule has 1 aromatic carbocycles. The number of carboxylic acids is 1. The molecular formula is C12H15F2NO2. The molecule has 94 valence electrons. The molecule has 3 nitrogen and oxygen atoms in total. The van der Waals surface area contributed by atoms with Gasteiger partial charge in [0.15, 0.2) is 0 Å². The van der Waals surface area contributed by atoms with Gasteiger partial charge in [-0.25, -0.2) is 8.78 Å². The van der Waals surface area contributed by atoms with Crippen LogP contribution in [0.25, 0.3) is 0 Å². The second-order valence-electron chi connectivity index (χ2n) is 4.25. The van der Waals surface area contributed by atoms with Gasteiger partial charge in [-0.2, -0.15) is 0 Å². The van der Waals surface area contributed by atoms with E-state index in [9.17, 15) is 13.6 Å². The Morgan fingerprint density at radius 3 is 2.29 bits per heavy atom. The van der Waals surface area contributed by atoms with E-state index in [1.807, 2.05) is 0 Å². The van der Waals surface area contributed by atoms with Gasteiger partial charge in [0, 0.05) is 17.7 Å². The van der Waals surface area contributed by atoms with Gasteiger partial charge in [-0.3, -0.25) is 4.79 Å². The van der Waals surface area contributed by atoms with Gasteiger partial charge in [-0.05, 0) is 17.5 Å². The van der Waals surface area contributed by atoms with Gasteiger partial charge in [-0.15, -0.1) is 0 Å². The molecule has 0 heterocycles. The van der Waals surface area contributed by atoms with Crippen LogP contribution in [0.1, 0.15) is 43.4 Å². The van der Waals surface area contributed by atoms with Crippen molar-refractivity contribution in [3.63, 3.8) is 0 Å². The van der Waals surface area contributed by atoms with Crippen molar-refractivity contribution in [2.24, 2.45) is 5.73 Å². The molecule has 0 amide bonds. The van der Waals surface area contributed by atoms with E-state index >= 15 is 0 Å². The Labute approximate surface area is 98.2 Å². The van der Waals surface area contributed by atoms with E-state index in [1.54, 1.807) is 13.8 Å². The third-order valence-electron chi connectivity index (χ3n) is 2.53. The van der Waals surface area contributed by atoms with Crippen molar-refractivity contribution in [2.75, 3.05) is 0 Å². The predicted octanol–water partition coefficient (Wildman–Crippen LogP) is 2.56. The van der Waals surface area contributed by atoms with Crippen molar-refractivity contribution in [3.05, 3.63) is 34.9 Å². The molecule has 0 aromatic heterocycles. The van der Waals surface area contributed by atoms with E-state index in [0.29, 0.717) is 5.56 Å². The molecule has 0 saturated heterocycles. The highest BCUT2D eigenvalue weighted by Crippen LogP contribution is 2.26. The van der Waals surface area contributed by atoms with Gasteiger partial charge in [0.05, 0.1) is 6.42 Å². The summed E-state index contributed by atoms with van der Waals surface area (Å²) in [5.41, 5.74) is 5.95. The van der Waals surface area contributed by atoms with Gasteiger partial charge >= 0.3 is 5.97 Å². The molecule has 0 fully saturated rings. The number of carbonyl (C=O) groups is 1. The molecule has 0 saturated carbocycles. The first kappa shape index (κ1) is 13.6. The van der Waals surface area contributed by atoms with Crippen LogP contribution in [-0.4, -0.2) is 11.1 Å². The highest BCUT2D eigenvalue weighted by molar-refractivity contribution is 5.67. The van der Waals surface area contributed by atoms with E-state index in [2.05, 4.69) is 0 Å². The standard InChI is InChI=1S/C12H15F2NO2/c1-6(2)7-3-8(10(14)4-9(7)13)11(15)5-12(16)17/h3-4,6,11H,5,15H2,1-2H3,(H,16,17). The SMILES string of the molecule is CC(C)c1cc(C(N)CC(=O)O)c(F)cc1F. The molecule has 5 heteroatoms. The maximum atomic E-state index is 13.5. The summed E-state index contributed by atoms with van der Waals surface area (Å²) >= 11 is 0. The number of carboxylic acid groups (broad SMARTS) is 1. The zero-order chi connectivity index (χ0) is 13.2. The Morgan fingerprint density at radius 1 is 1.29 bits per heavy atom. The van der Waals surface area contributed by atoms with Crippen LogP contribution < -0.4 is 5.73 Å². The maximum Gasteiger partial charge on any atom is 0.305 e. The first-order valence-corrected chi connectivity index (χ1v) is 5.29. The van der Waals surface area contributed by atoms with Crippen molar-refractivity contribution < 1.29 is 18.7 Å². The average Bonchev–Trinajstić information content (AvgIpc) is 2.15. The minimum Gasteiger partial charge on any atom is -0.481 e. The monoisotopic (exact) mass is 243 g/mol. The normalized spacial score (nSPS) is 12.8. The fourth-order valence-electron chi connectivity index (χ4n) is 1.61. The second kappa shape index (κ2) is 5.23. The topological polar surface area (TPSA) is 63.3 Å². The van der Waals surface area contributed by atoms with Crippen LogP contribution in [0.3, 0.4) is 0 Å². The summed E-state index contributed by atoms with van der Waals surface area (Å²) in [5.74, 6) is -2.68. The summed E-state index contributed by atoms with van der Waals surface area (Å²) in [6.07, 6.45) is -0.389. The molecule has 0 spiro atoms. The summed E-state index contributed by atoms with van der Waals surface area (Å²) < 4.78 is 26.9. The Kier molecular flexibility index (Phi) is 4.17. The Bertz CT molecular complexity index is 433.